The van der Waals surface area contributed by atoms with Gasteiger partial charge in [-0.25, -0.2) is 0 Å². The molecule has 8 rings (SSSR count). The minimum Gasteiger partial charge on any atom is -0.494 e. The van der Waals surface area contributed by atoms with Crippen molar-refractivity contribution in [2.45, 2.75) is 25.7 Å². The zero-order valence-electron chi connectivity index (χ0n) is 27.6. The molecule has 8 heteroatoms. The van der Waals surface area contributed by atoms with Crippen LogP contribution >= 0.6 is 0 Å². The summed E-state index contributed by atoms with van der Waals surface area (Å²) in [5.74, 6) is 1.70. The van der Waals surface area contributed by atoms with Gasteiger partial charge < -0.3 is 9.47 Å². The Hall–Kier alpha value is -6.28. The number of ether oxygens (including phenoxy) is 2. The van der Waals surface area contributed by atoms with E-state index in [1.807, 2.05) is 78.9 Å². The van der Waals surface area contributed by atoms with Crippen LogP contribution in [0.15, 0.2) is 146 Å². The number of fused-ring (bicyclic) bond motifs is 2. The van der Waals surface area contributed by atoms with E-state index >= 15 is 0 Å². The van der Waals surface area contributed by atoms with E-state index < -0.39 is 0 Å². The quantitative estimate of drug-likeness (QED) is 0.116. The van der Waals surface area contributed by atoms with Crippen LogP contribution in [0, 0.1) is 0 Å². The molecule has 6 aromatic carbocycles. The zero-order valence-corrected chi connectivity index (χ0v) is 27.6. The van der Waals surface area contributed by atoms with Crippen molar-refractivity contribution >= 4 is 22.1 Å². The molecule has 0 radical (unpaired) electrons. The van der Waals surface area contributed by atoms with Crippen molar-refractivity contribution in [1.82, 2.24) is 30.0 Å². The predicted octanol–water partition coefficient (Wildman–Crippen LogP) is 8.57. The third kappa shape index (κ3) is 7.10. The highest BCUT2D eigenvalue weighted by Crippen LogP contribution is 2.27. The molecule has 50 heavy (non-hydrogen) atoms. The molecular formula is C42H36N6O2. The Morgan fingerprint density at radius 2 is 0.960 bits per heavy atom. The maximum atomic E-state index is 6.36. The molecule has 0 saturated heterocycles. The lowest BCUT2D eigenvalue weighted by atomic mass is 10.0. The third-order valence-electron chi connectivity index (χ3n) is 8.65. The van der Waals surface area contributed by atoms with Crippen LogP contribution in [0.25, 0.3) is 33.4 Å². The van der Waals surface area contributed by atoms with Gasteiger partial charge in [-0.05, 0) is 96.6 Å². The molecule has 0 spiro atoms. The molecule has 0 atom stereocenters. The van der Waals surface area contributed by atoms with Crippen molar-refractivity contribution in [3.8, 4) is 22.9 Å². The lowest BCUT2D eigenvalue weighted by Crippen LogP contribution is -2.07. The molecule has 2 aromatic heterocycles. The van der Waals surface area contributed by atoms with Gasteiger partial charge in [0.25, 0.3) is 0 Å². The van der Waals surface area contributed by atoms with Gasteiger partial charge in [0.15, 0.2) is 0 Å². The summed E-state index contributed by atoms with van der Waals surface area (Å²) in [4.78, 5) is 3.43. The number of rotatable bonds is 13. The summed E-state index contributed by atoms with van der Waals surface area (Å²) in [6.07, 6.45) is 3.21. The molecule has 0 bridgehead atoms. The standard InChI is InChI=1S/C42H36N6O2/c1-3-13-31(14-4-1)27-33-30-36(22-23-41(33)48-45-39-19-9-10-20-40(39)46-48)49-25-11-12-26-50-42-24-21-35(29-34(42)28-32-15-5-2-6-16-32)47-43-37-17-7-8-18-38(37)44-47/h1-10,13-24,29-30H,11-12,25-28H2. The van der Waals surface area contributed by atoms with Gasteiger partial charge in [0.1, 0.15) is 33.6 Å². The first-order chi connectivity index (χ1) is 24.7. The molecule has 0 N–H and O–H groups in total. The van der Waals surface area contributed by atoms with E-state index in [2.05, 4.69) is 76.9 Å². The molecule has 8 nitrogen and oxygen atoms in total. The van der Waals surface area contributed by atoms with E-state index in [9.17, 15) is 0 Å². The van der Waals surface area contributed by atoms with Crippen molar-refractivity contribution in [3.05, 3.63) is 168 Å². The molecule has 0 aliphatic heterocycles. The second-order valence-corrected chi connectivity index (χ2v) is 12.3. The Morgan fingerprint density at radius 3 is 1.56 bits per heavy atom. The molecule has 0 saturated carbocycles. The maximum Gasteiger partial charge on any atom is 0.122 e. The Bertz CT molecular complexity index is 2280. The smallest absolute Gasteiger partial charge is 0.122 e. The number of unbranched alkanes of at least 4 members (excludes halogenated alkanes) is 1. The van der Waals surface area contributed by atoms with Crippen LogP contribution in [0.4, 0.5) is 0 Å². The van der Waals surface area contributed by atoms with Crippen LogP contribution in [0.5, 0.6) is 11.5 Å². The third-order valence-corrected chi connectivity index (χ3v) is 8.65. The van der Waals surface area contributed by atoms with E-state index in [0.717, 1.165) is 81.8 Å². The molecule has 0 aliphatic carbocycles. The maximum absolute atomic E-state index is 6.36. The largest absolute Gasteiger partial charge is 0.494 e. The van der Waals surface area contributed by atoms with Gasteiger partial charge in [-0.2, -0.15) is 9.59 Å². The van der Waals surface area contributed by atoms with Gasteiger partial charge in [-0.1, -0.05) is 84.9 Å². The normalized spacial score (nSPS) is 11.3. The fourth-order valence-electron chi connectivity index (χ4n) is 6.11. The van der Waals surface area contributed by atoms with Gasteiger partial charge >= 0.3 is 0 Å². The Kier molecular flexibility index (Phi) is 8.97. The summed E-state index contributed by atoms with van der Waals surface area (Å²) in [5.41, 5.74) is 9.95. The summed E-state index contributed by atoms with van der Waals surface area (Å²) in [6.45, 7) is 1.18. The van der Waals surface area contributed by atoms with Crippen LogP contribution in [-0.2, 0) is 12.8 Å². The number of hydrogen-bond donors (Lipinski definition) is 0. The minimum absolute atomic E-state index is 0.588. The first-order valence-corrected chi connectivity index (χ1v) is 17.0. The van der Waals surface area contributed by atoms with Crippen molar-refractivity contribution in [2.24, 2.45) is 0 Å². The summed E-state index contributed by atoms with van der Waals surface area (Å²) in [7, 11) is 0. The fourth-order valence-corrected chi connectivity index (χ4v) is 6.11. The van der Waals surface area contributed by atoms with Crippen LogP contribution in [0.2, 0.25) is 0 Å². The average Bonchev–Trinajstić information content (AvgIpc) is 3.79. The van der Waals surface area contributed by atoms with Crippen molar-refractivity contribution < 1.29 is 9.47 Å². The summed E-state index contributed by atoms with van der Waals surface area (Å²) in [6, 6.07) is 49.1. The van der Waals surface area contributed by atoms with Crippen LogP contribution in [-0.4, -0.2) is 43.2 Å². The van der Waals surface area contributed by atoms with Crippen molar-refractivity contribution in [1.29, 1.82) is 0 Å². The van der Waals surface area contributed by atoms with Crippen LogP contribution in [0.1, 0.15) is 35.1 Å². The second-order valence-electron chi connectivity index (χ2n) is 12.3. The number of nitrogens with zero attached hydrogens (tertiary/aromatic N) is 6. The summed E-state index contributed by atoms with van der Waals surface area (Å²) < 4.78 is 12.6. The Morgan fingerprint density at radius 1 is 0.440 bits per heavy atom. The minimum atomic E-state index is 0.588. The van der Waals surface area contributed by atoms with E-state index in [4.69, 9.17) is 19.7 Å². The van der Waals surface area contributed by atoms with Gasteiger partial charge in [0.2, 0.25) is 0 Å². The Balaban J connectivity index is 0.924. The molecule has 0 aliphatic rings. The molecular weight excluding hydrogens is 621 g/mol. The molecule has 0 amide bonds. The zero-order chi connectivity index (χ0) is 33.5. The van der Waals surface area contributed by atoms with Gasteiger partial charge in [0, 0.05) is 12.0 Å². The molecule has 2 heterocycles. The van der Waals surface area contributed by atoms with Gasteiger partial charge in [-0.3, -0.25) is 0 Å². The van der Waals surface area contributed by atoms with Gasteiger partial charge in [0.05, 0.1) is 24.6 Å². The fraction of sp³-hybridized carbons (Fsp3) is 0.143. The lowest BCUT2D eigenvalue weighted by Gasteiger charge is -2.14. The molecule has 246 valence electrons. The van der Waals surface area contributed by atoms with E-state index in [-0.39, 0.29) is 0 Å². The van der Waals surface area contributed by atoms with Crippen molar-refractivity contribution in [2.75, 3.05) is 13.2 Å². The topological polar surface area (TPSA) is 79.9 Å². The molecule has 0 unspecified atom stereocenters. The first kappa shape index (κ1) is 31.0. The average molecular weight is 657 g/mol. The SMILES string of the molecule is c1ccc(Cc2cc(-n3nc4ccccc4n3)ccc2OCCCCOc2ccc(-n3nc4ccccc4n3)c(Cc3ccccc3)c2)cc1. The van der Waals surface area contributed by atoms with Gasteiger partial charge in [-0.15, -0.1) is 20.4 Å². The first-order valence-electron chi connectivity index (χ1n) is 17.0. The Labute approximate surface area is 290 Å². The summed E-state index contributed by atoms with van der Waals surface area (Å²) >= 11 is 0. The molecule has 8 aromatic rings. The highest BCUT2D eigenvalue weighted by atomic mass is 16.5. The van der Waals surface area contributed by atoms with E-state index in [0.29, 0.717) is 13.2 Å². The predicted molar refractivity (Wildman–Crippen MR) is 196 cm³/mol. The number of aromatic nitrogens is 6. The lowest BCUT2D eigenvalue weighted by molar-refractivity contribution is 0.265. The monoisotopic (exact) mass is 656 g/mol. The van der Waals surface area contributed by atoms with Crippen LogP contribution < -0.4 is 9.47 Å². The number of benzene rings is 6. The summed E-state index contributed by atoms with van der Waals surface area (Å²) in [5, 5.41) is 18.8. The van der Waals surface area contributed by atoms with Crippen molar-refractivity contribution in [3.63, 3.8) is 0 Å². The van der Waals surface area contributed by atoms with E-state index in [1.165, 1.54) is 11.1 Å². The second kappa shape index (κ2) is 14.5. The molecule has 0 fully saturated rings. The van der Waals surface area contributed by atoms with E-state index in [1.54, 1.807) is 9.59 Å². The van der Waals surface area contributed by atoms with Crippen LogP contribution in [0.3, 0.4) is 0 Å². The highest BCUT2D eigenvalue weighted by Gasteiger charge is 2.13. The highest BCUT2D eigenvalue weighted by molar-refractivity contribution is 5.74. The number of hydrogen-bond acceptors (Lipinski definition) is 6.